The van der Waals surface area contributed by atoms with Crippen LogP contribution >= 0.6 is 15.9 Å². The molecule has 15 heavy (non-hydrogen) atoms. The van der Waals surface area contributed by atoms with Gasteiger partial charge in [0, 0.05) is 11.5 Å². The fraction of sp³-hybridized carbons (Fsp3) is 0.667. The van der Waals surface area contributed by atoms with E-state index in [1.807, 2.05) is 0 Å². The van der Waals surface area contributed by atoms with E-state index < -0.39 is 0 Å². The highest BCUT2D eigenvalue weighted by atomic mass is 79.9. The number of hydroxylamine groups is 2. The van der Waals surface area contributed by atoms with Gasteiger partial charge in [-0.1, -0.05) is 28.1 Å². The zero-order chi connectivity index (χ0) is 11.4. The summed E-state index contributed by atoms with van der Waals surface area (Å²) >= 11 is 3.55. The largest absolute Gasteiger partial charge is 0.313 e. The summed E-state index contributed by atoms with van der Waals surface area (Å²) in [6.45, 7) is 8.36. The average molecular weight is 272 g/mol. The molecule has 1 aliphatic carbocycles. The Morgan fingerprint density at radius 2 is 1.93 bits per heavy atom. The summed E-state index contributed by atoms with van der Waals surface area (Å²) in [5, 5.41) is 11.8. The van der Waals surface area contributed by atoms with E-state index in [1.165, 1.54) is 15.1 Å². The van der Waals surface area contributed by atoms with Gasteiger partial charge in [-0.3, -0.25) is 0 Å². The molecule has 1 unspecified atom stereocenters. The van der Waals surface area contributed by atoms with Gasteiger partial charge in [0.05, 0.1) is 5.54 Å². The minimum Gasteiger partial charge on any atom is -0.313 e. The summed E-state index contributed by atoms with van der Waals surface area (Å²) < 4.78 is 1.22. The molecule has 1 saturated heterocycles. The molecular weight excluding hydrogens is 254 g/mol. The van der Waals surface area contributed by atoms with Gasteiger partial charge < -0.3 is 5.21 Å². The zero-order valence-corrected chi connectivity index (χ0v) is 11.3. The Kier molecular flexibility index (Phi) is 2.42. The van der Waals surface area contributed by atoms with E-state index in [0.29, 0.717) is 5.92 Å². The maximum Gasteiger partial charge on any atom is 0.0625 e. The third-order valence-electron chi connectivity index (χ3n) is 3.85. The minimum absolute atomic E-state index is 0.192. The number of fused-ring (bicyclic) bond motifs is 1. The molecule has 0 amide bonds. The summed E-state index contributed by atoms with van der Waals surface area (Å²) in [5.41, 5.74) is 0.888. The summed E-state index contributed by atoms with van der Waals surface area (Å²) in [4.78, 5) is 0. The number of allylic oxidation sites excluding steroid dienone is 3. The van der Waals surface area contributed by atoms with Gasteiger partial charge in [-0.25, -0.2) is 0 Å². The molecule has 1 N–H and O–H groups in total. The van der Waals surface area contributed by atoms with E-state index in [2.05, 4.69) is 55.8 Å². The molecule has 2 aliphatic rings. The molecule has 0 spiro atoms. The summed E-state index contributed by atoms with van der Waals surface area (Å²) in [5.74, 6) is 0.400. The number of hydrogen-bond donors (Lipinski definition) is 1. The Balaban J connectivity index is 2.50. The smallest absolute Gasteiger partial charge is 0.0625 e. The van der Waals surface area contributed by atoms with Crippen LogP contribution in [0.1, 0.15) is 34.1 Å². The fourth-order valence-corrected chi connectivity index (χ4v) is 3.38. The van der Waals surface area contributed by atoms with Crippen LogP contribution in [0.5, 0.6) is 0 Å². The van der Waals surface area contributed by atoms with Crippen molar-refractivity contribution >= 4 is 15.9 Å². The van der Waals surface area contributed by atoms with E-state index >= 15 is 0 Å². The highest BCUT2D eigenvalue weighted by Crippen LogP contribution is 2.51. The second-order valence-corrected chi connectivity index (χ2v) is 6.54. The van der Waals surface area contributed by atoms with Crippen LogP contribution in [0.4, 0.5) is 0 Å². The Bertz CT molecular complexity index is 355. The lowest BCUT2D eigenvalue weighted by Gasteiger charge is -2.35. The summed E-state index contributed by atoms with van der Waals surface area (Å²) in [6, 6.07) is 0. The van der Waals surface area contributed by atoms with Gasteiger partial charge in [0.2, 0.25) is 0 Å². The van der Waals surface area contributed by atoms with Gasteiger partial charge in [0.1, 0.15) is 0 Å². The first kappa shape index (κ1) is 11.4. The molecule has 1 aliphatic heterocycles. The third kappa shape index (κ3) is 1.44. The molecule has 0 aromatic carbocycles. The van der Waals surface area contributed by atoms with Crippen molar-refractivity contribution < 1.29 is 5.21 Å². The van der Waals surface area contributed by atoms with Crippen molar-refractivity contribution in [3.8, 4) is 0 Å². The molecule has 0 aromatic rings. The Morgan fingerprint density at radius 1 is 1.33 bits per heavy atom. The quantitative estimate of drug-likeness (QED) is 0.729. The highest BCUT2D eigenvalue weighted by molar-refractivity contribution is 9.11. The van der Waals surface area contributed by atoms with E-state index in [0.717, 1.165) is 6.42 Å². The number of nitrogens with zero attached hydrogens (tertiary/aromatic N) is 1. The molecule has 84 valence electrons. The molecule has 1 atom stereocenters. The fourth-order valence-electron chi connectivity index (χ4n) is 2.92. The lowest BCUT2D eigenvalue weighted by atomic mass is 9.78. The van der Waals surface area contributed by atoms with Crippen LogP contribution in [-0.4, -0.2) is 21.3 Å². The molecule has 0 radical (unpaired) electrons. The number of rotatable bonds is 0. The van der Waals surface area contributed by atoms with Crippen molar-refractivity contribution in [3.63, 3.8) is 0 Å². The van der Waals surface area contributed by atoms with Crippen molar-refractivity contribution in [2.24, 2.45) is 5.92 Å². The maximum atomic E-state index is 10.3. The van der Waals surface area contributed by atoms with Crippen molar-refractivity contribution in [2.75, 3.05) is 0 Å². The van der Waals surface area contributed by atoms with Crippen molar-refractivity contribution in [3.05, 3.63) is 22.2 Å². The predicted molar refractivity (Wildman–Crippen MR) is 65.0 cm³/mol. The zero-order valence-electron chi connectivity index (χ0n) is 9.71. The Morgan fingerprint density at radius 3 is 2.53 bits per heavy atom. The van der Waals surface area contributed by atoms with Crippen LogP contribution in [0.15, 0.2) is 22.2 Å². The van der Waals surface area contributed by atoms with Gasteiger partial charge in [0.25, 0.3) is 0 Å². The van der Waals surface area contributed by atoms with Gasteiger partial charge in [-0.2, -0.15) is 5.06 Å². The number of halogens is 1. The monoisotopic (exact) mass is 271 g/mol. The second kappa shape index (κ2) is 3.19. The van der Waals surface area contributed by atoms with Gasteiger partial charge >= 0.3 is 0 Å². The molecule has 0 aromatic heterocycles. The van der Waals surface area contributed by atoms with Gasteiger partial charge in [-0.15, -0.1) is 0 Å². The maximum absolute atomic E-state index is 10.3. The van der Waals surface area contributed by atoms with Crippen LogP contribution in [0.3, 0.4) is 0 Å². The standard InChI is InChI=1S/C12H18BrNO/c1-11(2)9-6-5-8(13)7-10(9)12(3,4)14(11)15/h5-6,10,15H,7H2,1-4H3. The predicted octanol–water partition coefficient (Wildman–Crippen LogP) is 3.47. The number of hydrogen-bond acceptors (Lipinski definition) is 2. The lowest BCUT2D eigenvalue weighted by molar-refractivity contribution is -0.193. The van der Waals surface area contributed by atoms with E-state index in [1.54, 1.807) is 0 Å². The topological polar surface area (TPSA) is 23.5 Å². The molecule has 3 heteroatoms. The Hall–Kier alpha value is -0.120. The molecule has 2 rings (SSSR count). The SMILES string of the molecule is CC1(C)C2=CC=C(Br)CC2C(C)(C)N1O. The normalized spacial score (nSPS) is 33.3. The first-order chi connectivity index (χ1) is 6.78. The van der Waals surface area contributed by atoms with E-state index in [-0.39, 0.29) is 11.1 Å². The lowest BCUT2D eigenvalue weighted by Crippen LogP contribution is -2.47. The highest BCUT2D eigenvalue weighted by Gasteiger charge is 2.54. The molecule has 0 saturated carbocycles. The molecule has 1 fully saturated rings. The van der Waals surface area contributed by atoms with E-state index in [4.69, 9.17) is 0 Å². The molecule has 2 nitrogen and oxygen atoms in total. The van der Waals surface area contributed by atoms with Crippen LogP contribution in [-0.2, 0) is 0 Å². The molecule has 0 bridgehead atoms. The van der Waals surface area contributed by atoms with Crippen molar-refractivity contribution in [2.45, 2.75) is 45.2 Å². The van der Waals surface area contributed by atoms with Crippen LogP contribution < -0.4 is 0 Å². The van der Waals surface area contributed by atoms with Crippen LogP contribution in [0, 0.1) is 5.92 Å². The molecule has 1 heterocycles. The van der Waals surface area contributed by atoms with Crippen LogP contribution in [0.25, 0.3) is 0 Å². The van der Waals surface area contributed by atoms with Gasteiger partial charge in [-0.05, 0) is 44.2 Å². The van der Waals surface area contributed by atoms with E-state index in [9.17, 15) is 5.21 Å². The summed E-state index contributed by atoms with van der Waals surface area (Å²) in [7, 11) is 0. The first-order valence-corrected chi connectivity index (χ1v) is 6.13. The third-order valence-corrected chi connectivity index (χ3v) is 4.44. The minimum atomic E-state index is -0.252. The van der Waals surface area contributed by atoms with Crippen molar-refractivity contribution in [1.82, 2.24) is 5.06 Å². The first-order valence-electron chi connectivity index (χ1n) is 5.34. The van der Waals surface area contributed by atoms with Crippen LogP contribution in [0.2, 0.25) is 0 Å². The summed E-state index contributed by atoms with van der Waals surface area (Å²) in [6.07, 6.45) is 5.23. The van der Waals surface area contributed by atoms with Gasteiger partial charge in [0.15, 0.2) is 0 Å². The average Bonchev–Trinajstić information content (AvgIpc) is 2.26. The Labute approximate surface area is 99.7 Å². The second-order valence-electron chi connectivity index (χ2n) is 5.52. The molecular formula is C12H18BrNO. The van der Waals surface area contributed by atoms with Crippen molar-refractivity contribution in [1.29, 1.82) is 0 Å².